The third-order valence-corrected chi connectivity index (χ3v) is 4.98. The van der Waals surface area contributed by atoms with Crippen LogP contribution in [0.1, 0.15) is 18.4 Å². The van der Waals surface area contributed by atoms with Crippen LogP contribution in [-0.2, 0) is 11.3 Å². The van der Waals surface area contributed by atoms with Crippen molar-refractivity contribution in [1.82, 2.24) is 19.8 Å². The number of hydrogen-bond acceptors (Lipinski definition) is 4. The number of nitrogens with one attached hydrogen (secondary N) is 1. The Bertz CT molecular complexity index is 919. The zero-order valence-corrected chi connectivity index (χ0v) is 15.2. The lowest BCUT2D eigenvalue weighted by Crippen LogP contribution is -2.38. The van der Waals surface area contributed by atoms with Crippen molar-refractivity contribution in [2.45, 2.75) is 25.5 Å². The minimum atomic E-state index is -0.538. The maximum absolute atomic E-state index is 11.6. The summed E-state index contributed by atoms with van der Waals surface area (Å²) in [5, 5.41) is 13.4. The van der Waals surface area contributed by atoms with Crippen molar-refractivity contribution in [1.29, 1.82) is 0 Å². The number of carbonyl (C=O) groups is 1. The molecule has 1 amide bonds. The monoisotopic (exact) mass is 364 g/mol. The number of fused-ring (bicyclic) bond motifs is 1. The van der Waals surface area contributed by atoms with Gasteiger partial charge in [0, 0.05) is 38.3 Å². The Balaban J connectivity index is 1.31. The van der Waals surface area contributed by atoms with E-state index in [1.807, 2.05) is 24.5 Å². The summed E-state index contributed by atoms with van der Waals surface area (Å²) in [4.78, 5) is 17.8. The highest BCUT2D eigenvalue weighted by atomic mass is 16.3. The number of likely N-dealkylation sites (tertiary alicyclic amines) is 1. The molecule has 4 rings (SSSR count). The Hall–Kier alpha value is -2.70. The van der Waals surface area contributed by atoms with E-state index < -0.39 is 6.10 Å². The topological polar surface area (TPSA) is 70.4 Å². The highest BCUT2D eigenvalue weighted by molar-refractivity contribution is 5.78. The Kier molecular flexibility index (Phi) is 5.18. The highest BCUT2D eigenvalue weighted by Gasteiger charge is 2.22. The van der Waals surface area contributed by atoms with Crippen molar-refractivity contribution in [2.24, 2.45) is 0 Å². The van der Waals surface area contributed by atoms with Crippen molar-refractivity contribution < 1.29 is 9.90 Å². The Morgan fingerprint density at radius 3 is 2.74 bits per heavy atom. The van der Waals surface area contributed by atoms with Gasteiger partial charge in [-0.05, 0) is 36.2 Å². The first-order valence-electron chi connectivity index (χ1n) is 9.39. The van der Waals surface area contributed by atoms with Crippen LogP contribution in [0, 0.1) is 0 Å². The van der Waals surface area contributed by atoms with E-state index in [2.05, 4.69) is 45.2 Å². The first-order valence-corrected chi connectivity index (χ1v) is 9.39. The summed E-state index contributed by atoms with van der Waals surface area (Å²) in [5.41, 5.74) is 4.28. The molecule has 1 aliphatic heterocycles. The van der Waals surface area contributed by atoms with Gasteiger partial charge in [-0.25, -0.2) is 4.98 Å². The molecule has 140 valence electrons. The van der Waals surface area contributed by atoms with Crippen LogP contribution in [-0.4, -0.2) is 51.2 Å². The maximum atomic E-state index is 11.6. The minimum absolute atomic E-state index is 0.150. The summed E-state index contributed by atoms with van der Waals surface area (Å²) in [5.74, 6) is 0.150. The highest BCUT2D eigenvalue weighted by Crippen LogP contribution is 2.18. The molecule has 0 spiro atoms. The summed E-state index contributed by atoms with van der Waals surface area (Å²) in [6.07, 6.45) is 2.81. The molecule has 0 bridgehead atoms. The van der Waals surface area contributed by atoms with Crippen molar-refractivity contribution in [3.05, 3.63) is 60.4 Å². The molecule has 1 aromatic heterocycles. The van der Waals surface area contributed by atoms with Crippen molar-refractivity contribution in [3.63, 3.8) is 0 Å². The molecule has 1 unspecified atom stereocenters. The number of benzene rings is 2. The number of amides is 1. The number of aliphatic hydroxyl groups excluding tert-OH is 1. The van der Waals surface area contributed by atoms with Gasteiger partial charge in [-0.2, -0.15) is 0 Å². The predicted octanol–water partition coefficient (Wildman–Crippen LogP) is 2.10. The molecule has 6 heteroatoms. The number of hydrogen-bond donors (Lipinski definition) is 2. The molecule has 27 heavy (non-hydrogen) atoms. The molecule has 1 atom stereocenters. The second-order valence-corrected chi connectivity index (χ2v) is 7.00. The van der Waals surface area contributed by atoms with E-state index in [0.717, 1.165) is 35.2 Å². The van der Waals surface area contributed by atoms with E-state index in [9.17, 15) is 9.90 Å². The second kappa shape index (κ2) is 7.90. The van der Waals surface area contributed by atoms with Crippen molar-refractivity contribution in [2.75, 3.05) is 19.6 Å². The minimum Gasteiger partial charge on any atom is -0.390 e. The number of aliphatic hydroxyl groups is 1. The molecule has 2 aromatic carbocycles. The normalized spacial score (nSPS) is 15.6. The first-order chi connectivity index (χ1) is 13.2. The Labute approximate surface area is 158 Å². The number of imidazole rings is 1. The molecule has 0 aliphatic carbocycles. The fraction of sp³-hybridized carbons (Fsp3) is 0.333. The zero-order valence-electron chi connectivity index (χ0n) is 15.2. The van der Waals surface area contributed by atoms with E-state index in [-0.39, 0.29) is 5.91 Å². The molecular formula is C21H24N4O2. The summed E-state index contributed by atoms with van der Waals surface area (Å²) < 4.78 is 2.07. The van der Waals surface area contributed by atoms with E-state index in [1.54, 1.807) is 4.90 Å². The van der Waals surface area contributed by atoms with Crippen LogP contribution in [0.4, 0.5) is 0 Å². The van der Waals surface area contributed by atoms with E-state index in [1.165, 1.54) is 0 Å². The molecule has 3 aromatic rings. The van der Waals surface area contributed by atoms with Gasteiger partial charge < -0.3 is 15.3 Å². The molecule has 6 nitrogen and oxygen atoms in total. The second-order valence-electron chi connectivity index (χ2n) is 7.00. The van der Waals surface area contributed by atoms with Gasteiger partial charge in [0.1, 0.15) is 6.33 Å². The SMILES string of the molecule is O=C1CCCN1CC(O)CNCc1ccc(-n2cnc3ccccc32)cc1. The largest absolute Gasteiger partial charge is 0.390 e. The molecule has 0 radical (unpaired) electrons. The number of carbonyl (C=O) groups excluding carboxylic acids is 1. The number of nitrogens with zero attached hydrogens (tertiary/aromatic N) is 3. The molecule has 1 aliphatic rings. The van der Waals surface area contributed by atoms with Gasteiger partial charge in [0.15, 0.2) is 0 Å². The lowest BCUT2D eigenvalue weighted by Gasteiger charge is -2.20. The fourth-order valence-corrected chi connectivity index (χ4v) is 3.54. The van der Waals surface area contributed by atoms with Crippen molar-refractivity contribution >= 4 is 16.9 Å². The molecule has 2 heterocycles. The summed E-state index contributed by atoms with van der Waals surface area (Å²) in [6, 6.07) is 16.4. The van der Waals surface area contributed by atoms with Crippen LogP contribution in [0.5, 0.6) is 0 Å². The van der Waals surface area contributed by atoms with Gasteiger partial charge in [0.05, 0.1) is 17.1 Å². The van der Waals surface area contributed by atoms with Crippen LogP contribution in [0.2, 0.25) is 0 Å². The third kappa shape index (κ3) is 4.02. The average molecular weight is 364 g/mol. The number of β-amino-alcohol motifs (C(OH)–C–C–N with tert-alkyl or cyclic N) is 1. The Morgan fingerprint density at radius 2 is 1.96 bits per heavy atom. The quantitative estimate of drug-likeness (QED) is 0.674. The summed E-state index contributed by atoms with van der Waals surface area (Å²) >= 11 is 0. The third-order valence-electron chi connectivity index (χ3n) is 4.98. The number of rotatable bonds is 7. The van der Waals surface area contributed by atoms with Gasteiger partial charge in [0.2, 0.25) is 5.91 Å². The lowest BCUT2D eigenvalue weighted by atomic mass is 10.2. The van der Waals surface area contributed by atoms with Gasteiger partial charge >= 0.3 is 0 Å². The van der Waals surface area contributed by atoms with Gasteiger partial charge in [-0.1, -0.05) is 24.3 Å². The fourth-order valence-electron chi connectivity index (χ4n) is 3.54. The molecule has 1 fully saturated rings. The average Bonchev–Trinajstić information content (AvgIpc) is 3.29. The lowest BCUT2D eigenvalue weighted by molar-refractivity contribution is -0.128. The van der Waals surface area contributed by atoms with Gasteiger partial charge in [-0.3, -0.25) is 9.36 Å². The molecular weight excluding hydrogens is 340 g/mol. The van der Waals surface area contributed by atoms with Gasteiger partial charge in [0.25, 0.3) is 0 Å². The smallest absolute Gasteiger partial charge is 0.222 e. The zero-order chi connectivity index (χ0) is 18.6. The summed E-state index contributed by atoms with van der Waals surface area (Å²) in [6.45, 7) is 2.33. The van der Waals surface area contributed by atoms with Gasteiger partial charge in [-0.15, -0.1) is 0 Å². The molecule has 2 N–H and O–H groups in total. The van der Waals surface area contributed by atoms with E-state index >= 15 is 0 Å². The predicted molar refractivity (Wildman–Crippen MR) is 105 cm³/mol. The van der Waals surface area contributed by atoms with E-state index in [4.69, 9.17) is 0 Å². The summed E-state index contributed by atoms with van der Waals surface area (Å²) in [7, 11) is 0. The van der Waals surface area contributed by atoms with E-state index in [0.29, 0.717) is 26.1 Å². The Morgan fingerprint density at radius 1 is 1.15 bits per heavy atom. The van der Waals surface area contributed by atoms with Crippen LogP contribution in [0.25, 0.3) is 16.7 Å². The van der Waals surface area contributed by atoms with Crippen LogP contribution >= 0.6 is 0 Å². The van der Waals surface area contributed by atoms with Crippen molar-refractivity contribution in [3.8, 4) is 5.69 Å². The maximum Gasteiger partial charge on any atom is 0.222 e. The molecule has 0 saturated carbocycles. The standard InChI is InChI=1S/C21H24N4O2/c26-18(14-24-11-3-6-21(24)27)13-22-12-16-7-9-17(10-8-16)25-15-23-19-4-1-2-5-20(19)25/h1-2,4-5,7-10,15,18,22,26H,3,6,11-14H2. The van der Waals surface area contributed by atoms with Crippen LogP contribution in [0.3, 0.4) is 0 Å². The molecule has 1 saturated heterocycles. The van der Waals surface area contributed by atoms with Crippen LogP contribution in [0.15, 0.2) is 54.9 Å². The number of aromatic nitrogens is 2. The first kappa shape index (κ1) is 17.7. The number of para-hydroxylation sites is 2. The van der Waals surface area contributed by atoms with Crippen LogP contribution < -0.4 is 5.32 Å².